The molecule has 0 spiro atoms. The Morgan fingerprint density at radius 2 is 2.06 bits per heavy atom. The SMILES string of the molecule is CCCCCCCC(=O)NC1CNC[C@@H]1OC. The number of unbranched alkanes of at least 4 members (excludes halogenated alkanes) is 4. The lowest BCUT2D eigenvalue weighted by atomic mass is 10.1. The number of hydrogen-bond acceptors (Lipinski definition) is 3. The molecule has 0 aromatic carbocycles. The van der Waals surface area contributed by atoms with Gasteiger partial charge >= 0.3 is 0 Å². The molecule has 4 heteroatoms. The first-order valence-corrected chi connectivity index (χ1v) is 6.80. The van der Waals surface area contributed by atoms with Crippen molar-refractivity contribution < 1.29 is 9.53 Å². The first kappa shape index (κ1) is 14.5. The fraction of sp³-hybridized carbons (Fsp3) is 0.923. The number of ether oxygens (including phenoxy) is 1. The standard InChI is InChI=1S/C13H26N2O2/c1-3-4-5-6-7-8-13(16)15-11-9-14-10-12(11)17-2/h11-12,14H,3-10H2,1-2H3,(H,15,16)/t11?,12-/m0/s1. The summed E-state index contributed by atoms with van der Waals surface area (Å²) >= 11 is 0. The maximum Gasteiger partial charge on any atom is 0.220 e. The summed E-state index contributed by atoms with van der Waals surface area (Å²) in [7, 11) is 1.70. The van der Waals surface area contributed by atoms with E-state index in [1.54, 1.807) is 7.11 Å². The van der Waals surface area contributed by atoms with Crippen LogP contribution in [0.15, 0.2) is 0 Å². The Kier molecular flexibility index (Phi) is 7.21. The molecule has 0 saturated carbocycles. The summed E-state index contributed by atoms with van der Waals surface area (Å²) in [5.41, 5.74) is 0. The van der Waals surface area contributed by atoms with E-state index in [0.29, 0.717) is 6.42 Å². The van der Waals surface area contributed by atoms with E-state index in [-0.39, 0.29) is 18.1 Å². The predicted octanol–water partition coefficient (Wildman–Crippen LogP) is 1.45. The van der Waals surface area contributed by atoms with Crippen molar-refractivity contribution in [1.29, 1.82) is 0 Å². The predicted molar refractivity (Wildman–Crippen MR) is 69.0 cm³/mol. The lowest BCUT2D eigenvalue weighted by molar-refractivity contribution is -0.122. The van der Waals surface area contributed by atoms with Crippen LogP contribution in [0.1, 0.15) is 45.4 Å². The monoisotopic (exact) mass is 242 g/mol. The van der Waals surface area contributed by atoms with E-state index in [1.165, 1.54) is 19.3 Å². The Morgan fingerprint density at radius 1 is 1.29 bits per heavy atom. The minimum absolute atomic E-state index is 0.124. The molecule has 0 aromatic heterocycles. The second-order valence-electron chi connectivity index (χ2n) is 4.77. The molecule has 0 bridgehead atoms. The van der Waals surface area contributed by atoms with E-state index < -0.39 is 0 Å². The van der Waals surface area contributed by atoms with Gasteiger partial charge in [0.25, 0.3) is 0 Å². The number of carbonyl (C=O) groups excluding carboxylic acids is 1. The molecule has 1 saturated heterocycles. The van der Waals surface area contributed by atoms with Crippen molar-refractivity contribution in [2.75, 3.05) is 20.2 Å². The second-order valence-corrected chi connectivity index (χ2v) is 4.77. The number of nitrogens with one attached hydrogen (secondary N) is 2. The van der Waals surface area contributed by atoms with E-state index in [1.807, 2.05) is 0 Å². The average Bonchev–Trinajstić information content (AvgIpc) is 2.76. The number of rotatable bonds is 8. The third-order valence-corrected chi connectivity index (χ3v) is 3.32. The van der Waals surface area contributed by atoms with Gasteiger partial charge in [-0.2, -0.15) is 0 Å². The summed E-state index contributed by atoms with van der Waals surface area (Å²) < 4.78 is 5.30. The van der Waals surface area contributed by atoms with Gasteiger partial charge in [-0.15, -0.1) is 0 Å². The third kappa shape index (κ3) is 5.50. The van der Waals surface area contributed by atoms with Crippen LogP contribution in [0.2, 0.25) is 0 Å². The molecule has 17 heavy (non-hydrogen) atoms. The Labute approximate surface area is 104 Å². The molecule has 0 aromatic rings. The molecule has 1 rings (SSSR count). The summed E-state index contributed by atoms with van der Waals surface area (Å²) in [5, 5.41) is 6.27. The molecule has 2 atom stereocenters. The highest BCUT2D eigenvalue weighted by molar-refractivity contribution is 5.76. The van der Waals surface area contributed by atoms with Crippen LogP contribution < -0.4 is 10.6 Å². The fourth-order valence-electron chi connectivity index (χ4n) is 2.21. The average molecular weight is 242 g/mol. The molecule has 1 unspecified atom stereocenters. The van der Waals surface area contributed by atoms with Crippen LogP contribution in [-0.2, 0) is 9.53 Å². The van der Waals surface area contributed by atoms with E-state index in [9.17, 15) is 4.79 Å². The Bertz CT molecular complexity index is 221. The summed E-state index contributed by atoms with van der Waals surface area (Å²) in [4.78, 5) is 11.7. The van der Waals surface area contributed by atoms with Crippen LogP contribution in [0, 0.1) is 0 Å². The summed E-state index contributed by atoms with van der Waals surface area (Å²) in [6.45, 7) is 3.85. The molecular weight excluding hydrogens is 216 g/mol. The van der Waals surface area contributed by atoms with Gasteiger partial charge in [0.15, 0.2) is 0 Å². The molecule has 1 fully saturated rings. The highest BCUT2D eigenvalue weighted by Crippen LogP contribution is 2.07. The quantitative estimate of drug-likeness (QED) is 0.633. The van der Waals surface area contributed by atoms with E-state index in [2.05, 4.69) is 17.6 Å². The zero-order valence-corrected chi connectivity index (χ0v) is 11.1. The van der Waals surface area contributed by atoms with Gasteiger partial charge in [0.1, 0.15) is 0 Å². The molecule has 2 N–H and O–H groups in total. The second kappa shape index (κ2) is 8.48. The molecule has 1 heterocycles. The van der Waals surface area contributed by atoms with Crippen molar-refractivity contribution in [2.24, 2.45) is 0 Å². The van der Waals surface area contributed by atoms with Gasteiger partial charge < -0.3 is 15.4 Å². The molecule has 0 aliphatic carbocycles. The van der Waals surface area contributed by atoms with Crippen molar-refractivity contribution in [3.8, 4) is 0 Å². The van der Waals surface area contributed by atoms with Crippen LogP contribution >= 0.6 is 0 Å². The number of hydrogen-bond donors (Lipinski definition) is 2. The molecule has 1 amide bonds. The Morgan fingerprint density at radius 3 is 2.76 bits per heavy atom. The Balaban J connectivity index is 2.08. The van der Waals surface area contributed by atoms with E-state index in [0.717, 1.165) is 25.9 Å². The van der Waals surface area contributed by atoms with Crippen molar-refractivity contribution in [2.45, 2.75) is 57.6 Å². The van der Waals surface area contributed by atoms with Gasteiger partial charge in [0.2, 0.25) is 5.91 Å². The van der Waals surface area contributed by atoms with E-state index >= 15 is 0 Å². The molecule has 4 nitrogen and oxygen atoms in total. The first-order valence-electron chi connectivity index (χ1n) is 6.80. The summed E-state index contributed by atoms with van der Waals surface area (Å²) in [6.07, 6.45) is 6.71. The summed E-state index contributed by atoms with van der Waals surface area (Å²) in [5.74, 6) is 0.164. The van der Waals surface area contributed by atoms with Crippen LogP contribution in [0.25, 0.3) is 0 Å². The highest BCUT2D eigenvalue weighted by atomic mass is 16.5. The van der Waals surface area contributed by atoms with Crippen molar-refractivity contribution in [3.63, 3.8) is 0 Å². The van der Waals surface area contributed by atoms with Crippen molar-refractivity contribution in [3.05, 3.63) is 0 Å². The number of methoxy groups -OCH3 is 1. The smallest absolute Gasteiger partial charge is 0.220 e. The van der Waals surface area contributed by atoms with Gasteiger partial charge in [-0.05, 0) is 6.42 Å². The zero-order chi connectivity index (χ0) is 12.5. The van der Waals surface area contributed by atoms with Gasteiger partial charge in [0, 0.05) is 26.6 Å². The maximum absolute atomic E-state index is 11.7. The minimum atomic E-state index is 0.124. The van der Waals surface area contributed by atoms with Crippen LogP contribution in [-0.4, -0.2) is 38.3 Å². The topological polar surface area (TPSA) is 50.4 Å². The number of amides is 1. The van der Waals surface area contributed by atoms with Gasteiger partial charge in [-0.1, -0.05) is 32.6 Å². The molecule has 1 aliphatic heterocycles. The normalized spacial score (nSPS) is 23.9. The van der Waals surface area contributed by atoms with Crippen LogP contribution in [0.5, 0.6) is 0 Å². The van der Waals surface area contributed by atoms with Gasteiger partial charge in [0.05, 0.1) is 12.1 Å². The highest BCUT2D eigenvalue weighted by Gasteiger charge is 2.27. The molecule has 1 aliphatic rings. The lowest BCUT2D eigenvalue weighted by Crippen LogP contribution is -2.43. The lowest BCUT2D eigenvalue weighted by Gasteiger charge is -2.18. The molecule has 0 radical (unpaired) electrons. The molecular formula is C13H26N2O2. The van der Waals surface area contributed by atoms with E-state index in [4.69, 9.17) is 4.74 Å². The van der Waals surface area contributed by atoms with Crippen LogP contribution in [0.3, 0.4) is 0 Å². The van der Waals surface area contributed by atoms with Gasteiger partial charge in [-0.3, -0.25) is 4.79 Å². The van der Waals surface area contributed by atoms with Crippen molar-refractivity contribution >= 4 is 5.91 Å². The molecule has 100 valence electrons. The third-order valence-electron chi connectivity index (χ3n) is 3.32. The van der Waals surface area contributed by atoms with Crippen LogP contribution in [0.4, 0.5) is 0 Å². The Hall–Kier alpha value is -0.610. The number of carbonyl (C=O) groups is 1. The van der Waals surface area contributed by atoms with Gasteiger partial charge in [-0.25, -0.2) is 0 Å². The zero-order valence-electron chi connectivity index (χ0n) is 11.1. The maximum atomic E-state index is 11.7. The first-order chi connectivity index (χ1) is 8.27. The fourth-order valence-corrected chi connectivity index (χ4v) is 2.21. The van der Waals surface area contributed by atoms with Crippen molar-refractivity contribution in [1.82, 2.24) is 10.6 Å². The largest absolute Gasteiger partial charge is 0.378 e. The summed E-state index contributed by atoms with van der Waals surface area (Å²) in [6, 6.07) is 0.142. The minimum Gasteiger partial charge on any atom is -0.378 e.